The zero-order chi connectivity index (χ0) is 8.10. The molecule has 5 heteroatoms. The lowest BCUT2D eigenvalue weighted by molar-refractivity contribution is 0.514. The van der Waals surface area contributed by atoms with Crippen molar-refractivity contribution in [3.05, 3.63) is 5.82 Å². The van der Waals surface area contributed by atoms with E-state index in [1.165, 1.54) is 0 Å². The number of aromatic nitrogens is 4. The number of H-pyrrole nitrogens is 1. The summed E-state index contributed by atoms with van der Waals surface area (Å²) < 4.78 is 0. The lowest BCUT2D eigenvalue weighted by Gasteiger charge is -2.09. The van der Waals surface area contributed by atoms with Gasteiger partial charge in [0.05, 0.1) is 6.04 Å². The van der Waals surface area contributed by atoms with E-state index in [0.29, 0.717) is 0 Å². The van der Waals surface area contributed by atoms with Gasteiger partial charge in [-0.25, -0.2) is 5.10 Å². The molecule has 1 aromatic rings. The maximum atomic E-state index is 3.83. The maximum absolute atomic E-state index is 3.83. The van der Waals surface area contributed by atoms with E-state index in [9.17, 15) is 0 Å². The zero-order valence-electron chi connectivity index (χ0n) is 6.83. The monoisotopic (exact) mass is 155 g/mol. The molecular formula is C6H13N5. The largest absolute Gasteiger partial charge is 0.310 e. The Bertz CT molecular complexity index is 183. The first kappa shape index (κ1) is 8.13. The molecule has 0 aliphatic rings. The quantitative estimate of drug-likeness (QED) is 0.654. The van der Waals surface area contributed by atoms with Crippen molar-refractivity contribution in [2.24, 2.45) is 0 Å². The Morgan fingerprint density at radius 2 is 2.45 bits per heavy atom. The number of nitrogens with one attached hydrogen (secondary N) is 2. The third-order valence-corrected chi connectivity index (χ3v) is 1.62. The van der Waals surface area contributed by atoms with E-state index in [-0.39, 0.29) is 6.04 Å². The number of aromatic amines is 1. The normalized spacial score (nSPS) is 13.3. The van der Waals surface area contributed by atoms with Gasteiger partial charge in [0.25, 0.3) is 0 Å². The van der Waals surface area contributed by atoms with Crippen molar-refractivity contribution in [3.63, 3.8) is 0 Å². The van der Waals surface area contributed by atoms with Crippen LogP contribution in [-0.2, 0) is 0 Å². The van der Waals surface area contributed by atoms with Gasteiger partial charge in [-0.3, -0.25) is 0 Å². The zero-order valence-corrected chi connectivity index (χ0v) is 6.83. The summed E-state index contributed by atoms with van der Waals surface area (Å²) in [6, 6.07) is 0.259. The standard InChI is InChI=1S/C6H13N5/c1-3-4-5(7-2)6-8-10-11-9-6/h5,7H,3-4H2,1-2H3,(H,8,9,10,11). The molecule has 0 bridgehead atoms. The number of rotatable bonds is 4. The lowest BCUT2D eigenvalue weighted by Crippen LogP contribution is -2.17. The summed E-state index contributed by atoms with van der Waals surface area (Å²) in [6.45, 7) is 2.13. The third kappa shape index (κ3) is 1.98. The van der Waals surface area contributed by atoms with Gasteiger partial charge in [0.1, 0.15) is 0 Å². The molecule has 0 aliphatic carbocycles. The van der Waals surface area contributed by atoms with Gasteiger partial charge in [0.2, 0.25) is 0 Å². The van der Waals surface area contributed by atoms with Gasteiger partial charge in [-0.15, -0.1) is 5.10 Å². The van der Waals surface area contributed by atoms with E-state index in [1.54, 1.807) is 0 Å². The predicted molar refractivity (Wildman–Crippen MR) is 40.9 cm³/mol. The fourth-order valence-corrected chi connectivity index (χ4v) is 1.02. The van der Waals surface area contributed by atoms with Gasteiger partial charge >= 0.3 is 0 Å². The Kier molecular flexibility index (Phi) is 2.97. The minimum absolute atomic E-state index is 0.259. The molecule has 1 atom stereocenters. The van der Waals surface area contributed by atoms with Crippen LogP contribution in [0.1, 0.15) is 31.6 Å². The van der Waals surface area contributed by atoms with Crippen LogP contribution in [0.4, 0.5) is 0 Å². The van der Waals surface area contributed by atoms with Crippen LogP contribution in [0.25, 0.3) is 0 Å². The number of tetrazole rings is 1. The van der Waals surface area contributed by atoms with Gasteiger partial charge < -0.3 is 5.32 Å². The van der Waals surface area contributed by atoms with Gasteiger partial charge in [0.15, 0.2) is 5.82 Å². The first-order valence-corrected chi connectivity index (χ1v) is 3.79. The second kappa shape index (κ2) is 4.02. The highest BCUT2D eigenvalue weighted by Crippen LogP contribution is 2.11. The SMILES string of the molecule is CCCC(NC)c1nnn[nH]1. The summed E-state index contributed by atoms with van der Waals surface area (Å²) >= 11 is 0. The van der Waals surface area contributed by atoms with Crippen molar-refractivity contribution in [3.8, 4) is 0 Å². The van der Waals surface area contributed by atoms with Crippen LogP contribution < -0.4 is 5.32 Å². The highest BCUT2D eigenvalue weighted by Gasteiger charge is 2.10. The summed E-state index contributed by atoms with van der Waals surface area (Å²) in [5.74, 6) is 0.814. The van der Waals surface area contributed by atoms with E-state index in [4.69, 9.17) is 0 Å². The van der Waals surface area contributed by atoms with Crippen molar-refractivity contribution in [1.82, 2.24) is 25.9 Å². The number of hydrogen-bond acceptors (Lipinski definition) is 4. The number of nitrogens with zero attached hydrogens (tertiary/aromatic N) is 3. The predicted octanol–water partition coefficient (Wildman–Crippen LogP) is 0.260. The average molecular weight is 155 g/mol. The van der Waals surface area contributed by atoms with Crippen molar-refractivity contribution in [2.45, 2.75) is 25.8 Å². The van der Waals surface area contributed by atoms with Crippen molar-refractivity contribution in [1.29, 1.82) is 0 Å². The van der Waals surface area contributed by atoms with Gasteiger partial charge in [-0.1, -0.05) is 13.3 Å². The maximum Gasteiger partial charge on any atom is 0.165 e. The van der Waals surface area contributed by atoms with Crippen LogP contribution in [0, 0.1) is 0 Å². The summed E-state index contributed by atoms with van der Waals surface area (Å²) in [6.07, 6.45) is 2.17. The van der Waals surface area contributed by atoms with Crippen LogP contribution in [0.2, 0.25) is 0 Å². The molecule has 0 saturated heterocycles. The van der Waals surface area contributed by atoms with Crippen LogP contribution in [0.3, 0.4) is 0 Å². The van der Waals surface area contributed by atoms with E-state index < -0.39 is 0 Å². The fourth-order valence-electron chi connectivity index (χ4n) is 1.02. The highest BCUT2D eigenvalue weighted by molar-refractivity contribution is 4.87. The minimum Gasteiger partial charge on any atom is -0.310 e. The van der Waals surface area contributed by atoms with Crippen LogP contribution in [0.15, 0.2) is 0 Å². The third-order valence-electron chi connectivity index (χ3n) is 1.62. The topological polar surface area (TPSA) is 66.5 Å². The molecule has 0 saturated carbocycles. The van der Waals surface area contributed by atoms with Crippen molar-refractivity contribution >= 4 is 0 Å². The molecule has 0 radical (unpaired) electrons. The molecule has 0 fully saturated rings. The molecule has 1 heterocycles. The smallest absolute Gasteiger partial charge is 0.165 e. The van der Waals surface area contributed by atoms with E-state index in [2.05, 4.69) is 32.9 Å². The molecule has 1 rings (SSSR count). The summed E-state index contributed by atoms with van der Waals surface area (Å²) in [5, 5.41) is 16.7. The van der Waals surface area contributed by atoms with E-state index in [0.717, 1.165) is 18.7 Å². The lowest BCUT2D eigenvalue weighted by atomic mass is 10.1. The van der Waals surface area contributed by atoms with Crippen LogP contribution in [0.5, 0.6) is 0 Å². The Morgan fingerprint density at radius 1 is 1.64 bits per heavy atom. The Hall–Kier alpha value is -0.970. The second-order valence-corrected chi connectivity index (χ2v) is 2.42. The molecule has 62 valence electrons. The first-order chi connectivity index (χ1) is 5.38. The molecule has 0 aliphatic heterocycles. The molecule has 0 amide bonds. The molecule has 5 nitrogen and oxygen atoms in total. The second-order valence-electron chi connectivity index (χ2n) is 2.42. The summed E-state index contributed by atoms with van der Waals surface area (Å²) in [5.41, 5.74) is 0. The van der Waals surface area contributed by atoms with E-state index >= 15 is 0 Å². The van der Waals surface area contributed by atoms with Gasteiger partial charge in [-0.2, -0.15) is 0 Å². The molecule has 1 unspecified atom stereocenters. The van der Waals surface area contributed by atoms with Gasteiger partial charge in [-0.05, 0) is 23.9 Å². The summed E-state index contributed by atoms with van der Waals surface area (Å²) in [4.78, 5) is 0. The molecule has 1 aromatic heterocycles. The Morgan fingerprint density at radius 3 is 2.91 bits per heavy atom. The highest BCUT2D eigenvalue weighted by atomic mass is 15.5. The Balaban J connectivity index is 2.56. The molecule has 11 heavy (non-hydrogen) atoms. The Labute approximate surface area is 65.6 Å². The molecule has 0 aromatic carbocycles. The first-order valence-electron chi connectivity index (χ1n) is 3.79. The van der Waals surface area contributed by atoms with E-state index in [1.807, 2.05) is 7.05 Å². The number of hydrogen-bond donors (Lipinski definition) is 2. The molecular weight excluding hydrogens is 142 g/mol. The fraction of sp³-hybridized carbons (Fsp3) is 0.833. The van der Waals surface area contributed by atoms with Crippen LogP contribution in [-0.4, -0.2) is 27.7 Å². The van der Waals surface area contributed by atoms with Gasteiger partial charge in [0, 0.05) is 0 Å². The molecule has 0 spiro atoms. The summed E-state index contributed by atoms with van der Waals surface area (Å²) in [7, 11) is 1.91. The minimum atomic E-state index is 0.259. The molecule has 2 N–H and O–H groups in total. The average Bonchev–Trinajstić information content (AvgIpc) is 2.52. The van der Waals surface area contributed by atoms with Crippen molar-refractivity contribution in [2.75, 3.05) is 7.05 Å². The van der Waals surface area contributed by atoms with Crippen LogP contribution >= 0.6 is 0 Å². The van der Waals surface area contributed by atoms with Crippen molar-refractivity contribution < 1.29 is 0 Å².